The number of piperidine rings is 1. The monoisotopic (exact) mass is 516 g/mol. The average Bonchev–Trinajstić information content (AvgIpc) is 3.00. The molecule has 1 atom stereocenters. The van der Waals surface area contributed by atoms with E-state index < -0.39 is 0 Å². The zero-order valence-corrected chi connectivity index (χ0v) is 24.9. The van der Waals surface area contributed by atoms with Crippen molar-refractivity contribution in [2.75, 3.05) is 26.3 Å². The van der Waals surface area contributed by atoms with E-state index in [1.165, 1.54) is 78.6 Å². The van der Waals surface area contributed by atoms with Crippen molar-refractivity contribution in [1.82, 2.24) is 4.90 Å². The maximum atomic E-state index is 8.55. The Morgan fingerprint density at radius 3 is 2.55 bits per heavy atom. The van der Waals surface area contributed by atoms with Gasteiger partial charge in [0.15, 0.2) is 0 Å². The first-order valence-electron chi connectivity index (χ1n) is 15.5. The Bertz CT molecular complexity index is 1050. The number of likely N-dealkylation sites (tertiary alicyclic amines) is 1. The lowest BCUT2D eigenvalue weighted by Gasteiger charge is -2.39. The predicted octanol–water partition coefficient (Wildman–Crippen LogP) is 9.03. The van der Waals surface area contributed by atoms with Crippen LogP contribution in [0.2, 0.25) is 0 Å². The summed E-state index contributed by atoms with van der Waals surface area (Å²) in [4.78, 5) is 2.69. The summed E-state index contributed by atoms with van der Waals surface area (Å²) in [6.45, 7) is 15.7. The molecule has 38 heavy (non-hydrogen) atoms. The van der Waals surface area contributed by atoms with E-state index in [4.69, 9.17) is 10.1 Å². The molecule has 2 aliphatic heterocycles. The number of allylic oxidation sites excluding steroid dienone is 6. The van der Waals surface area contributed by atoms with Gasteiger partial charge in [0.05, 0.1) is 6.61 Å². The molecule has 0 spiro atoms. The molecule has 0 saturated carbocycles. The van der Waals surface area contributed by atoms with Crippen LogP contribution in [0.25, 0.3) is 5.57 Å². The maximum Gasteiger partial charge on any atom is 0.0621 e. The number of nitrogens with zero attached hydrogens (tertiary/aromatic N) is 1. The van der Waals surface area contributed by atoms with Crippen LogP contribution < -0.4 is 0 Å². The molecule has 3 nitrogen and oxygen atoms in total. The van der Waals surface area contributed by atoms with Gasteiger partial charge >= 0.3 is 0 Å². The summed E-state index contributed by atoms with van der Waals surface area (Å²) in [6.07, 6.45) is 16.3. The molecule has 1 N–H and O–H groups in total. The molecule has 2 heterocycles. The molecule has 3 aliphatic rings. The largest absolute Gasteiger partial charge is 0.380 e. The van der Waals surface area contributed by atoms with Gasteiger partial charge in [-0.1, -0.05) is 57.5 Å². The van der Waals surface area contributed by atoms with E-state index >= 15 is 0 Å². The minimum absolute atomic E-state index is 0.445. The predicted molar refractivity (Wildman–Crippen MR) is 163 cm³/mol. The third kappa shape index (κ3) is 7.16. The first-order chi connectivity index (χ1) is 18.4. The molecule has 4 rings (SSSR count). The van der Waals surface area contributed by atoms with Crippen LogP contribution in [0.15, 0.2) is 47.1 Å². The zero-order valence-electron chi connectivity index (χ0n) is 24.9. The van der Waals surface area contributed by atoms with E-state index in [2.05, 4.69) is 69.9 Å². The second kappa shape index (κ2) is 13.9. The standard InChI is InChI=1S/C35H52N2O/c1-6-11-32(30-12-8-7-9-14-34(36)27(5)22-30)35(25(2)3)33-23-29(16-15-26(33)4)28-17-19-37(20-18-28)31-13-10-21-38-24-31/h12,15-16,22-23,25,28,31,36H,6-11,13-14,17-21,24H2,1-5H3/b27-22-,30-12+,35-32+,36-34?. The molecule has 0 radical (unpaired) electrons. The molecule has 3 heteroatoms. The van der Waals surface area contributed by atoms with Gasteiger partial charge in [-0.3, -0.25) is 4.90 Å². The molecule has 208 valence electrons. The number of ether oxygens (including phenoxy) is 1. The van der Waals surface area contributed by atoms with E-state index in [0.717, 1.165) is 56.6 Å². The summed E-state index contributed by atoms with van der Waals surface area (Å²) in [5.74, 6) is 1.09. The van der Waals surface area contributed by atoms with Gasteiger partial charge in [-0.15, -0.1) is 0 Å². The Morgan fingerprint density at radius 2 is 1.87 bits per heavy atom. The molecule has 1 aromatic rings. The first kappa shape index (κ1) is 29.0. The van der Waals surface area contributed by atoms with Gasteiger partial charge in [-0.25, -0.2) is 0 Å². The van der Waals surface area contributed by atoms with Crippen LogP contribution in [0, 0.1) is 18.3 Å². The van der Waals surface area contributed by atoms with Crippen molar-refractivity contribution in [3.8, 4) is 0 Å². The highest BCUT2D eigenvalue weighted by Crippen LogP contribution is 2.39. The Hall–Kier alpha value is -1.97. The maximum absolute atomic E-state index is 8.55. The third-order valence-corrected chi connectivity index (χ3v) is 9.05. The van der Waals surface area contributed by atoms with Crippen LogP contribution in [0.3, 0.4) is 0 Å². The Morgan fingerprint density at radius 1 is 1.08 bits per heavy atom. The van der Waals surface area contributed by atoms with Gasteiger partial charge in [0.2, 0.25) is 0 Å². The number of nitrogens with one attached hydrogen (secondary N) is 1. The van der Waals surface area contributed by atoms with Gasteiger partial charge in [0.1, 0.15) is 0 Å². The fourth-order valence-corrected chi connectivity index (χ4v) is 6.79. The van der Waals surface area contributed by atoms with Crippen LogP contribution in [0.5, 0.6) is 0 Å². The molecule has 2 fully saturated rings. The molecular formula is C35H52N2O. The summed E-state index contributed by atoms with van der Waals surface area (Å²) >= 11 is 0. The smallest absolute Gasteiger partial charge is 0.0621 e. The van der Waals surface area contributed by atoms with Gasteiger partial charge in [0, 0.05) is 18.4 Å². The van der Waals surface area contributed by atoms with Gasteiger partial charge in [-0.05, 0) is 136 Å². The third-order valence-electron chi connectivity index (χ3n) is 9.05. The summed E-state index contributed by atoms with van der Waals surface area (Å²) in [7, 11) is 0. The lowest BCUT2D eigenvalue weighted by molar-refractivity contribution is 0.00885. The fourth-order valence-electron chi connectivity index (χ4n) is 6.79. The van der Waals surface area contributed by atoms with E-state index in [-0.39, 0.29) is 0 Å². The molecule has 1 aliphatic carbocycles. The number of benzene rings is 1. The topological polar surface area (TPSA) is 36.3 Å². The van der Waals surface area contributed by atoms with Crippen LogP contribution >= 0.6 is 0 Å². The van der Waals surface area contributed by atoms with Gasteiger partial charge in [0.25, 0.3) is 0 Å². The Labute approximate surface area is 232 Å². The fraction of sp³-hybridized carbons (Fsp3) is 0.629. The quantitative estimate of drug-likeness (QED) is 0.392. The van der Waals surface area contributed by atoms with Gasteiger partial charge in [-0.2, -0.15) is 0 Å². The Kier molecular flexibility index (Phi) is 10.6. The van der Waals surface area contributed by atoms with Crippen LogP contribution in [-0.4, -0.2) is 43.0 Å². The summed E-state index contributed by atoms with van der Waals surface area (Å²) in [5.41, 5.74) is 10.7. The van der Waals surface area contributed by atoms with Crippen molar-refractivity contribution in [3.63, 3.8) is 0 Å². The highest BCUT2D eigenvalue weighted by Gasteiger charge is 2.28. The summed E-state index contributed by atoms with van der Waals surface area (Å²) in [6, 6.07) is 7.97. The summed E-state index contributed by atoms with van der Waals surface area (Å²) < 4.78 is 5.78. The van der Waals surface area contributed by atoms with E-state index in [0.29, 0.717) is 17.9 Å². The highest BCUT2D eigenvalue weighted by atomic mass is 16.5. The minimum atomic E-state index is 0.445. The highest BCUT2D eigenvalue weighted by molar-refractivity contribution is 5.98. The number of aryl methyl sites for hydroxylation is 1. The van der Waals surface area contributed by atoms with Crippen molar-refractivity contribution >= 4 is 11.3 Å². The molecule has 0 bridgehead atoms. The van der Waals surface area contributed by atoms with E-state index in [1.807, 2.05) is 0 Å². The molecule has 2 saturated heterocycles. The van der Waals surface area contributed by atoms with Crippen molar-refractivity contribution in [2.24, 2.45) is 5.92 Å². The van der Waals surface area contributed by atoms with Gasteiger partial charge < -0.3 is 10.1 Å². The number of hydrogen-bond donors (Lipinski definition) is 1. The van der Waals surface area contributed by atoms with E-state index in [9.17, 15) is 0 Å². The molecule has 1 aromatic carbocycles. The molecule has 0 aromatic heterocycles. The van der Waals surface area contributed by atoms with Crippen LogP contribution in [0.1, 0.15) is 115 Å². The van der Waals surface area contributed by atoms with Crippen LogP contribution in [-0.2, 0) is 4.74 Å². The zero-order chi connectivity index (χ0) is 27.1. The van der Waals surface area contributed by atoms with Crippen molar-refractivity contribution in [1.29, 1.82) is 5.41 Å². The van der Waals surface area contributed by atoms with E-state index in [1.54, 1.807) is 0 Å². The molecular weight excluding hydrogens is 464 g/mol. The normalized spacial score (nSPS) is 26.1. The van der Waals surface area contributed by atoms with Crippen molar-refractivity contribution in [3.05, 3.63) is 63.8 Å². The lowest BCUT2D eigenvalue weighted by Crippen LogP contribution is -2.45. The second-order valence-corrected chi connectivity index (χ2v) is 12.3. The van der Waals surface area contributed by atoms with Crippen molar-refractivity contribution < 1.29 is 4.74 Å². The Balaban J connectivity index is 1.67. The minimum Gasteiger partial charge on any atom is -0.380 e. The summed E-state index contributed by atoms with van der Waals surface area (Å²) in [5, 5.41) is 8.55. The lowest BCUT2D eigenvalue weighted by atomic mass is 9.80. The number of rotatable bonds is 7. The second-order valence-electron chi connectivity index (χ2n) is 12.3. The molecule has 1 unspecified atom stereocenters. The SMILES string of the molecule is CCCC(/C1=C/CCCCC(=N)/C(C)=C\1)=C(\c1cc(C2CCN(C3CCCOC3)CC2)ccc1C)C(C)C. The van der Waals surface area contributed by atoms with Crippen molar-refractivity contribution in [2.45, 2.75) is 111 Å². The molecule has 0 amide bonds. The van der Waals surface area contributed by atoms with Crippen LogP contribution in [0.4, 0.5) is 0 Å². The number of hydrogen-bond acceptors (Lipinski definition) is 3. The first-order valence-corrected chi connectivity index (χ1v) is 15.5. The average molecular weight is 517 g/mol.